The van der Waals surface area contributed by atoms with Crippen LogP contribution in [0.1, 0.15) is 37.5 Å². The van der Waals surface area contributed by atoms with Gasteiger partial charge in [0.05, 0.1) is 11.1 Å². The van der Waals surface area contributed by atoms with Crippen LogP contribution in [0.4, 0.5) is 0 Å². The van der Waals surface area contributed by atoms with Crippen LogP contribution in [0.25, 0.3) is 10.9 Å². The molecule has 4 aromatic rings. The van der Waals surface area contributed by atoms with Crippen molar-refractivity contribution < 1.29 is 23.8 Å². The zero-order valence-corrected chi connectivity index (χ0v) is 19.6. The molecule has 36 heavy (non-hydrogen) atoms. The number of hydrogen-bond donors (Lipinski definition) is 0. The van der Waals surface area contributed by atoms with E-state index in [0.717, 1.165) is 41.7 Å². The Labute approximate surface area is 208 Å². The van der Waals surface area contributed by atoms with E-state index in [4.69, 9.17) is 19.2 Å². The average molecular weight is 481 g/mol. The summed E-state index contributed by atoms with van der Waals surface area (Å²) in [4.78, 5) is 33.4. The molecule has 0 radical (unpaired) electrons. The van der Waals surface area contributed by atoms with Crippen LogP contribution < -0.4 is 9.47 Å². The third kappa shape index (κ3) is 4.29. The number of ketones is 1. The summed E-state index contributed by atoms with van der Waals surface area (Å²) < 4.78 is 16.2. The average Bonchev–Trinajstić information content (AvgIpc) is 3.39. The molecule has 0 atom stereocenters. The van der Waals surface area contributed by atoms with Gasteiger partial charge in [0.1, 0.15) is 0 Å². The molecule has 2 aliphatic heterocycles. The number of carbonyl (C=O) groups excluding carboxylic acids is 2. The van der Waals surface area contributed by atoms with E-state index in [0.29, 0.717) is 29.2 Å². The van der Waals surface area contributed by atoms with E-state index in [-0.39, 0.29) is 19.2 Å². The van der Waals surface area contributed by atoms with Crippen molar-refractivity contribution in [1.82, 2.24) is 9.88 Å². The van der Waals surface area contributed by atoms with E-state index in [1.165, 1.54) is 5.56 Å². The molecule has 180 valence electrons. The van der Waals surface area contributed by atoms with Crippen molar-refractivity contribution in [3.8, 4) is 11.5 Å². The lowest BCUT2D eigenvalue weighted by atomic mass is 9.95. The molecule has 3 heterocycles. The third-order valence-corrected chi connectivity index (χ3v) is 6.61. The van der Waals surface area contributed by atoms with Crippen molar-refractivity contribution in [2.45, 2.75) is 19.5 Å². The molecule has 0 bridgehead atoms. The minimum atomic E-state index is -0.513. The fourth-order valence-corrected chi connectivity index (χ4v) is 4.81. The lowest BCUT2D eigenvalue weighted by Gasteiger charge is -2.30. The highest BCUT2D eigenvalue weighted by molar-refractivity contribution is 6.06. The predicted molar refractivity (Wildman–Crippen MR) is 133 cm³/mol. The number of fused-ring (bicyclic) bond motifs is 3. The topological polar surface area (TPSA) is 78.0 Å². The Hall–Kier alpha value is -4.23. The van der Waals surface area contributed by atoms with Crippen molar-refractivity contribution in [3.63, 3.8) is 0 Å². The van der Waals surface area contributed by atoms with Crippen LogP contribution in [0.2, 0.25) is 0 Å². The number of esters is 1. The lowest BCUT2D eigenvalue weighted by Crippen LogP contribution is -2.32. The monoisotopic (exact) mass is 480 g/mol. The Balaban J connectivity index is 1.26. The molecule has 0 saturated carbocycles. The first-order valence-electron chi connectivity index (χ1n) is 11.9. The van der Waals surface area contributed by atoms with Gasteiger partial charge in [0.15, 0.2) is 23.9 Å². The quantitative estimate of drug-likeness (QED) is 0.296. The first-order chi connectivity index (χ1) is 17.7. The third-order valence-electron chi connectivity index (χ3n) is 6.61. The number of pyridine rings is 1. The maximum absolute atomic E-state index is 13.5. The van der Waals surface area contributed by atoms with Gasteiger partial charge >= 0.3 is 5.97 Å². The van der Waals surface area contributed by atoms with E-state index in [1.54, 1.807) is 18.2 Å². The molecule has 7 heteroatoms. The summed E-state index contributed by atoms with van der Waals surface area (Å²) in [5, 5.41) is 0.735. The standard InChI is InChI=1S/C29H24N2O5/c32-25(20-10-11-26-27(14-20)36-18-35-26)17-34-29(33)28-21-8-4-5-9-23(21)30-24-12-13-31(16-22(24)28)15-19-6-2-1-3-7-19/h1-11,14H,12-13,15-18H2. The van der Waals surface area contributed by atoms with E-state index in [1.807, 2.05) is 42.5 Å². The minimum absolute atomic E-state index is 0.128. The van der Waals surface area contributed by atoms with Gasteiger partial charge in [-0.05, 0) is 29.8 Å². The minimum Gasteiger partial charge on any atom is -0.454 e. The molecule has 7 nitrogen and oxygen atoms in total. The number of nitrogens with zero attached hydrogens (tertiary/aromatic N) is 2. The van der Waals surface area contributed by atoms with Gasteiger partial charge in [-0.15, -0.1) is 0 Å². The van der Waals surface area contributed by atoms with Crippen LogP contribution in [0, 0.1) is 0 Å². The number of hydrogen-bond acceptors (Lipinski definition) is 7. The van der Waals surface area contributed by atoms with Crippen LogP contribution in [0.3, 0.4) is 0 Å². The summed E-state index contributed by atoms with van der Waals surface area (Å²) in [6, 6.07) is 22.8. The molecule has 2 aliphatic rings. The number of para-hydroxylation sites is 1. The number of aromatic nitrogens is 1. The van der Waals surface area contributed by atoms with Gasteiger partial charge in [0.25, 0.3) is 0 Å². The molecule has 0 spiro atoms. The molecule has 0 aliphatic carbocycles. The molecular formula is C29H24N2O5. The highest BCUT2D eigenvalue weighted by Gasteiger charge is 2.27. The summed E-state index contributed by atoms with van der Waals surface area (Å²) in [5.41, 5.74) is 4.65. The second kappa shape index (κ2) is 9.43. The molecule has 0 unspecified atom stereocenters. The molecule has 0 N–H and O–H groups in total. The summed E-state index contributed by atoms with van der Waals surface area (Å²) in [7, 11) is 0. The summed E-state index contributed by atoms with van der Waals surface area (Å²) >= 11 is 0. The normalized spacial score (nSPS) is 14.4. The lowest BCUT2D eigenvalue weighted by molar-refractivity contribution is 0.0473. The van der Waals surface area contributed by atoms with Crippen LogP contribution in [-0.2, 0) is 24.2 Å². The van der Waals surface area contributed by atoms with Crippen molar-refractivity contribution in [3.05, 3.63) is 101 Å². The van der Waals surface area contributed by atoms with Crippen LogP contribution in [0.15, 0.2) is 72.8 Å². The first-order valence-corrected chi connectivity index (χ1v) is 11.9. The van der Waals surface area contributed by atoms with Gasteiger partial charge in [0, 0.05) is 48.3 Å². The Bertz CT molecular complexity index is 1470. The highest BCUT2D eigenvalue weighted by atomic mass is 16.7. The van der Waals surface area contributed by atoms with Gasteiger partial charge < -0.3 is 14.2 Å². The fourth-order valence-electron chi connectivity index (χ4n) is 4.81. The Kier molecular flexibility index (Phi) is 5.83. The van der Waals surface area contributed by atoms with E-state index >= 15 is 0 Å². The van der Waals surface area contributed by atoms with Gasteiger partial charge in [0.2, 0.25) is 6.79 Å². The predicted octanol–water partition coefficient (Wildman–Crippen LogP) is 4.56. The van der Waals surface area contributed by atoms with E-state index in [9.17, 15) is 9.59 Å². The van der Waals surface area contributed by atoms with Gasteiger partial charge in [-0.3, -0.25) is 14.7 Å². The van der Waals surface area contributed by atoms with Crippen LogP contribution >= 0.6 is 0 Å². The molecule has 6 rings (SSSR count). The second-order valence-corrected chi connectivity index (χ2v) is 8.94. The maximum Gasteiger partial charge on any atom is 0.339 e. The summed E-state index contributed by atoms with van der Waals surface area (Å²) in [5.74, 6) is 0.290. The van der Waals surface area contributed by atoms with Crippen molar-refractivity contribution in [2.75, 3.05) is 19.9 Å². The largest absolute Gasteiger partial charge is 0.454 e. The number of ether oxygens (including phenoxy) is 3. The van der Waals surface area contributed by atoms with Crippen LogP contribution in [-0.4, -0.2) is 41.6 Å². The van der Waals surface area contributed by atoms with Crippen molar-refractivity contribution in [2.24, 2.45) is 0 Å². The van der Waals surface area contributed by atoms with Crippen molar-refractivity contribution >= 4 is 22.7 Å². The second-order valence-electron chi connectivity index (χ2n) is 8.94. The van der Waals surface area contributed by atoms with Crippen LogP contribution in [0.5, 0.6) is 11.5 Å². The molecule has 3 aromatic carbocycles. The molecular weight excluding hydrogens is 456 g/mol. The number of carbonyl (C=O) groups is 2. The maximum atomic E-state index is 13.5. The number of benzene rings is 3. The van der Waals surface area contributed by atoms with Gasteiger partial charge in [-0.1, -0.05) is 48.5 Å². The smallest absolute Gasteiger partial charge is 0.339 e. The first kappa shape index (κ1) is 22.2. The SMILES string of the molecule is O=C(COC(=O)c1c2c(nc3ccccc13)CCN(Cc1ccccc1)C2)c1ccc2c(c1)OCO2. The molecule has 0 fully saturated rings. The highest BCUT2D eigenvalue weighted by Crippen LogP contribution is 2.33. The molecule has 0 amide bonds. The van der Waals surface area contributed by atoms with Gasteiger partial charge in [-0.2, -0.15) is 0 Å². The Morgan fingerprint density at radius 1 is 0.944 bits per heavy atom. The number of Topliss-reactive ketones (excluding diaryl/α,β-unsaturated/α-hetero) is 1. The summed E-state index contributed by atoms with van der Waals surface area (Å²) in [6.07, 6.45) is 0.739. The zero-order valence-electron chi connectivity index (χ0n) is 19.6. The summed E-state index contributed by atoms with van der Waals surface area (Å²) in [6.45, 7) is 1.98. The van der Waals surface area contributed by atoms with Crippen molar-refractivity contribution in [1.29, 1.82) is 0 Å². The Morgan fingerprint density at radius 3 is 2.64 bits per heavy atom. The fraction of sp³-hybridized carbons (Fsp3) is 0.207. The van der Waals surface area contributed by atoms with E-state index in [2.05, 4.69) is 17.0 Å². The van der Waals surface area contributed by atoms with E-state index < -0.39 is 5.97 Å². The van der Waals surface area contributed by atoms with Gasteiger partial charge in [-0.25, -0.2) is 4.79 Å². The molecule has 1 aromatic heterocycles. The molecule has 0 saturated heterocycles. The Morgan fingerprint density at radius 2 is 1.75 bits per heavy atom. The number of rotatable bonds is 6. The zero-order chi connectivity index (χ0) is 24.5.